The Bertz CT molecular complexity index is 499. The van der Waals surface area contributed by atoms with Gasteiger partial charge < -0.3 is 9.53 Å². The molecule has 1 fully saturated rings. The van der Waals surface area contributed by atoms with Gasteiger partial charge in [-0.25, -0.2) is 0 Å². The van der Waals surface area contributed by atoms with Gasteiger partial charge in [-0.05, 0) is 48.4 Å². The van der Waals surface area contributed by atoms with E-state index < -0.39 is 0 Å². The maximum absolute atomic E-state index is 11.7. The molecule has 0 spiro atoms. The molecule has 0 bridgehead atoms. The molecule has 1 saturated carbocycles. The molecule has 0 amide bonds. The van der Waals surface area contributed by atoms with Gasteiger partial charge in [0.2, 0.25) is 0 Å². The highest BCUT2D eigenvalue weighted by Crippen LogP contribution is 2.33. The highest BCUT2D eigenvalue weighted by Gasteiger charge is 2.32. The second-order valence-electron chi connectivity index (χ2n) is 5.98. The van der Waals surface area contributed by atoms with E-state index >= 15 is 0 Å². The van der Waals surface area contributed by atoms with Crippen LogP contribution in [0.3, 0.4) is 0 Å². The standard InChI is InChI=1S/C16H20O3/c1-11-8-13(16(2,3)6-7-17)10-14(9-11)19-15(18)12-4-5-12/h7-10,12H,4-6H2,1-3H3. The van der Waals surface area contributed by atoms with Crippen LogP contribution in [0.15, 0.2) is 18.2 Å². The molecule has 0 heterocycles. The Morgan fingerprint density at radius 2 is 2.05 bits per heavy atom. The molecule has 0 radical (unpaired) electrons. The largest absolute Gasteiger partial charge is 0.426 e. The molecule has 0 atom stereocenters. The molecule has 1 aromatic carbocycles. The van der Waals surface area contributed by atoms with Crippen LogP contribution in [0.5, 0.6) is 5.75 Å². The molecular formula is C16H20O3. The number of rotatable bonds is 5. The summed E-state index contributed by atoms with van der Waals surface area (Å²) >= 11 is 0. The third-order valence-corrected chi connectivity index (χ3v) is 3.56. The first-order chi connectivity index (χ1) is 8.92. The summed E-state index contributed by atoms with van der Waals surface area (Å²) in [6.45, 7) is 6.00. The zero-order valence-corrected chi connectivity index (χ0v) is 11.7. The summed E-state index contributed by atoms with van der Waals surface area (Å²) in [4.78, 5) is 22.4. The lowest BCUT2D eigenvalue weighted by atomic mass is 9.81. The van der Waals surface area contributed by atoms with Gasteiger partial charge in [0.1, 0.15) is 12.0 Å². The number of hydrogen-bond donors (Lipinski definition) is 0. The molecule has 0 unspecified atom stereocenters. The van der Waals surface area contributed by atoms with Crippen molar-refractivity contribution in [3.63, 3.8) is 0 Å². The SMILES string of the molecule is Cc1cc(OC(=O)C2CC2)cc(C(C)(C)CC=O)c1. The quantitative estimate of drug-likeness (QED) is 0.464. The fourth-order valence-electron chi connectivity index (χ4n) is 2.04. The molecule has 3 nitrogen and oxygen atoms in total. The smallest absolute Gasteiger partial charge is 0.314 e. The second-order valence-corrected chi connectivity index (χ2v) is 5.98. The molecule has 102 valence electrons. The van der Waals surface area contributed by atoms with Crippen LogP contribution in [0.25, 0.3) is 0 Å². The second kappa shape index (κ2) is 5.16. The fourth-order valence-corrected chi connectivity index (χ4v) is 2.04. The summed E-state index contributed by atoms with van der Waals surface area (Å²) in [7, 11) is 0. The molecule has 0 aromatic heterocycles. The van der Waals surface area contributed by atoms with Crippen molar-refractivity contribution in [2.24, 2.45) is 5.92 Å². The predicted octanol–water partition coefficient (Wildman–Crippen LogP) is 3.18. The third-order valence-electron chi connectivity index (χ3n) is 3.56. The molecule has 19 heavy (non-hydrogen) atoms. The van der Waals surface area contributed by atoms with E-state index in [1.807, 2.05) is 39.0 Å². The van der Waals surface area contributed by atoms with Gasteiger partial charge in [-0.15, -0.1) is 0 Å². The molecule has 0 saturated heterocycles. The Kier molecular flexibility index (Phi) is 3.74. The molecular weight excluding hydrogens is 240 g/mol. The highest BCUT2D eigenvalue weighted by atomic mass is 16.5. The maximum atomic E-state index is 11.7. The lowest BCUT2D eigenvalue weighted by Crippen LogP contribution is -2.18. The van der Waals surface area contributed by atoms with Gasteiger partial charge in [-0.3, -0.25) is 4.79 Å². The minimum Gasteiger partial charge on any atom is -0.426 e. The first kappa shape index (κ1) is 13.8. The summed E-state index contributed by atoms with van der Waals surface area (Å²) < 4.78 is 5.41. The van der Waals surface area contributed by atoms with Crippen LogP contribution >= 0.6 is 0 Å². The summed E-state index contributed by atoms with van der Waals surface area (Å²) in [6.07, 6.45) is 3.26. The van der Waals surface area contributed by atoms with Crippen molar-refractivity contribution in [1.29, 1.82) is 0 Å². The summed E-state index contributed by atoms with van der Waals surface area (Å²) in [5, 5.41) is 0. The molecule has 1 aromatic rings. The van der Waals surface area contributed by atoms with E-state index in [0.29, 0.717) is 12.2 Å². The van der Waals surface area contributed by atoms with Crippen molar-refractivity contribution in [2.75, 3.05) is 0 Å². The van der Waals surface area contributed by atoms with Crippen LogP contribution in [-0.2, 0) is 15.0 Å². The van der Waals surface area contributed by atoms with Crippen molar-refractivity contribution >= 4 is 12.3 Å². The highest BCUT2D eigenvalue weighted by molar-refractivity contribution is 5.77. The molecule has 3 heteroatoms. The lowest BCUT2D eigenvalue weighted by Gasteiger charge is -2.23. The van der Waals surface area contributed by atoms with Crippen LogP contribution in [0.1, 0.15) is 44.2 Å². The predicted molar refractivity (Wildman–Crippen MR) is 73.2 cm³/mol. The van der Waals surface area contributed by atoms with E-state index in [-0.39, 0.29) is 17.3 Å². The van der Waals surface area contributed by atoms with E-state index in [1.165, 1.54) is 0 Å². The Hall–Kier alpha value is -1.64. The zero-order valence-electron chi connectivity index (χ0n) is 11.7. The number of carbonyl (C=O) groups excluding carboxylic acids is 2. The van der Waals surface area contributed by atoms with E-state index in [9.17, 15) is 9.59 Å². The minimum atomic E-state index is -0.242. The van der Waals surface area contributed by atoms with Gasteiger partial charge in [-0.1, -0.05) is 19.9 Å². The zero-order chi connectivity index (χ0) is 14.0. The van der Waals surface area contributed by atoms with Crippen LogP contribution in [0.2, 0.25) is 0 Å². The number of ether oxygens (including phenoxy) is 1. The van der Waals surface area contributed by atoms with E-state index in [0.717, 1.165) is 30.3 Å². The number of hydrogen-bond acceptors (Lipinski definition) is 3. The topological polar surface area (TPSA) is 43.4 Å². The number of carbonyl (C=O) groups is 2. The van der Waals surface area contributed by atoms with Crippen LogP contribution < -0.4 is 4.74 Å². The fraction of sp³-hybridized carbons (Fsp3) is 0.500. The number of aldehydes is 1. The lowest BCUT2D eigenvalue weighted by molar-refractivity contribution is -0.135. The van der Waals surface area contributed by atoms with Crippen molar-refractivity contribution in [1.82, 2.24) is 0 Å². The average Bonchev–Trinajstić information content (AvgIpc) is 3.11. The molecule has 0 N–H and O–H groups in total. The van der Waals surface area contributed by atoms with Crippen LogP contribution in [-0.4, -0.2) is 12.3 Å². The van der Waals surface area contributed by atoms with E-state index in [4.69, 9.17) is 4.74 Å². The maximum Gasteiger partial charge on any atom is 0.314 e. The van der Waals surface area contributed by atoms with Crippen molar-refractivity contribution < 1.29 is 14.3 Å². The molecule has 1 aliphatic carbocycles. The van der Waals surface area contributed by atoms with Crippen molar-refractivity contribution in [3.05, 3.63) is 29.3 Å². The number of esters is 1. The number of aryl methyl sites for hydroxylation is 1. The molecule has 1 aliphatic rings. The van der Waals surface area contributed by atoms with Crippen LogP contribution in [0.4, 0.5) is 0 Å². The Labute approximate surface area is 114 Å². The van der Waals surface area contributed by atoms with Gasteiger partial charge in [0.05, 0.1) is 5.92 Å². The average molecular weight is 260 g/mol. The van der Waals surface area contributed by atoms with Crippen LogP contribution in [0, 0.1) is 12.8 Å². The van der Waals surface area contributed by atoms with Crippen molar-refractivity contribution in [2.45, 2.75) is 45.4 Å². The monoisotopic (exact) mass is 260 g/mol. The Balaban J connectivity index is 2.23. The van der Waals surface area contributed by atoms with Crippen molar-refractivity contribution in [3.8, 4) is 5.75 Å². The van der Waals surface area contributed by atoms with E-state index in [2.05, 4.69) is 0 Å². The summed E-state index contributed by atoms with van der Waals surface area (Å²) in [5.41, 5.74) is 1.82. The third kappa shape index (κ3) is 3.43. The molecule has 2 rings (SSSR count). The van der Waals surface area contributed by atoms with Gasteiger partial charge in [0, 0.05) is 6.42 Å². The molecule has 0 aliphatic heterocycles. The summed E-state index contributed by atoms with van der Waals surface area (Å²) in [5.74, 6) is 0.544. The number of benzene rings is 1. The normalized spacial score (nSPS) is 15.1. The van der Waals surface area contributed by atoms with Gasteiger partial charge in [-0.2, -0.15) is 0 Å². The van der Waals surface area contributed by atoms with Gasteiger partial charge in [0.25, 0.3) is 0 Å². The van der Waals surface area contributed by atoms with E-state index in [1.54, 1.807) is 0 Å². The Morgan fingerprint density at radius 3 is 2.63 bits per heavy atom. The Morgan fingerprint density at radius 1 is 1.37 bits per heavy atom. The van der Waals surface area contributed by atoms with Gasteiger partial charge >= 0.3 is 5.97 Å². The van der Waals surface area contributed by atoms with Gasteiger partial charge in [0.15, 0.2) is 0 Å². The first-order valence-electron chi connectivity index (χ1n) is 6.70. The minimum absolute atomic E-state index is 0.0898. The first-order valence-corrected chi connectivity index (χ1v) is 6.70. The summed E-state index contributed by atoms with van der Waals surface area (Å²) in [6, 6.07) is 5.77.